The molecule has 0 bridgehead atoms. The summed E-state index contributed by atoms with van der Waals surface area (Å²) in [6.07, 6.45) is 0. The van der Waals surface area contributed by atoms with Crippen LogP contribution in [-0.2, 0) is 0 Å². The molecule has 2 aromatic carbocycles. The number of hydrogen-bond donors (Lipinski definition) is 1. The van der Waals surface area contributed by atoms with Gasteiger partial charge in [0.1, 0.15) is 11.6 Å². The highest BCUT2D eigenvalue weighted by atomic mass is 16.6. The van der Waals surface area contributed by atoms with Crippen molar-refractivity contribution in [3.63, 3.8) is 0 Å². The molecule has 6 heteroatoms. The number of benzene rings is 2. The zero-order valence-corrected chi connectivity index (χ0v) is 10.9. The lowest BCUT2D eigenvalue weighted by atomic mass is 10.1. The molecule has 0 aliphatic carbocycles. The molecule has 0 saturated heterocycles. The summed E-state index contributed by atoms with van der Waals surface area (Å²) in [5, 5.41) is 13.0. The number of nitrogens with two attached hydrogens (primary N) is 1. The molecule has 0 amide bonds. The number of ether oxygens (including phenoxy) is 1. The molecule has 3 rings (SSSR count). The van der Waals surface area contributed by atoms with E-state index in [1.807, 2.05) is 30.3 Å². The van der Waals surface area contributed by atoms with Gasteiger partial charge in [0.05, 0.1) is 4.92 Å². The largest absolute Gasteiger partial charge is 0.434 e. The van der Waals surface area contributed by atoms with E-state index in [1.165, 1.54) is 12.1 Å². The SMILES string of the molecule is Nc1ccc([N+](=O)[O-])c(Oc2ccc3ccccc3c2)n1. The van der Waals surface area contributed by atoms with Gasteiger partial charge in [0.15, 0.2) is 0 Å². The minimum atomic E-state index is -0.553. The zero-order valence-electron chi connectivity index (χ0n) is 10.9. The Kier molecular flexibility index (Phi) is 3.12. The highest BCUT2D eigenvalue weighted by molar-refractivity contribution is 5.83. The maximum Gasteiger partial charge on any atom is 0.331 e. The molecular formula is C15H11N3O3. The normalized spacial score (nSPS) is 10.5. The standard InChI is InChI=1S/C15H11N3O3/c16-14-8-7-13(18(19)20)15(17-14)21-12-6-5-10-3-1-2-4-11(10)9-12/h1-9H,(H2,16,17). The van der Waals surface area contributed by atoms with Gasteiger partial charge in [0.2, 0.25) is 0 Å². The number of nitro groups is 1. The van der Waals surface area contributed by atoms with Crippen molar-refractivity contribution in [2.75, 3.05) is 5.73 Å². The van der Waals surface area contributed by atoms with Gasteiger partial charge in [-0.15, -0.1) is 0 Å². The van der Waals surface area contributed by atoms with Crippen LogP contribution in [0.4, 0.5) is 11.5 Å². The lowest BCUT2D eigenvalue weighted by Gasteiger charge is -2.07. The number of hydrogen-bond acceptors (Lipinski definition) is 5. The van der Waals surface area contributed by atoms with Crippen LogP contribution in [0.15, 0.2) is 54.6 Å². The van der Waals surface area contributed by atoms with Gasteiger partial charge in [0, 0.05) is 6.07 Å². The van der Waals surface area contributed by atoms with E-state index in [0.717, 1.165) is 10.8 Å². The van der Waals surface area contributed by atoms with Gasteiger partial charge in [-0.1, -0.05) is 30.3 Å². The Hall–Kier alpha value is -3.15. The van der Waals surface area contributed by atoms with Crippen molar-refractivity contribution in [1.29, 1.82) is 0 Å². The third-order valence-electron chi connectivity index (χ3n) is 2.99. The smallest absolute Gasteiger partial charge is 0.331 e. The van der Waals surface area contributed by atoms with Gasteiger partial charge in [0.25, 0.3) is 0 Å². The molecule has 0 radical (unpaired) electrons. The third-order valence-corrected chi connectivity index (χ3v) is 2.99. The van der Waals surface area contributed by atoms with E-state index in [2.05, 4.69) is 4.98 Å². The third kappa shape index (κ3) is 2.59. The predicted molar refractivity (Wildman–Crippen MR) is 79.3 cm³/mol. The Labute approximate surface area is 119 Å². The monoisotopic (exact) mass is 281 g/mol. The van der Waals surface area contributed by atoms with Crippen LogP contribution in [0, 0.1) is 10.1 Å². The minimum absolute atomic E-state index is 0.115. The number of pyridine rings is 1. The molecule has 0 spiro atoms. The van der Waals surface area contributed by atoms with Crippen molar-refractivity contribution in [2.24, 2.45) is 0 Å². The molecule has 0 unspecified atom stereocenters. The van der Waals surface area contributed by atoms with Crippen molar-refractivity contribution < 1.29 is 9.66 Å². The van der Waals surface area contributed by atoms with Crippen LogP contribution in [0.25, 0.3) is 10.8 Å². The van der Waals surface area contributed by atoms with Crippen molar-refractivity contribution in [2.45, 2.75) is 0 Å². The molecule has 0 aliphatic rings. The number of rotatable bonds is 3. The zero-order chi connectivity index (χ0) is 14.8. The van der Waals surface area contributed by atoms with Crippen LogP contribution in [0.3, 0.4) is 0 Å². The predicted octanol–water partition coefficient (Wildman–Crippen LogP) is 3.52. The Bertz CT molecular complexity index is 833. The number of nitrogen functional groups attached to an aromatic ring is 1. The van der Waals surface area contributed by atoms with Gasteiger partial charge >= 0.3 is 11.6 Å². The van der Waals surface area contributed by atoms with Crippen LogP contribution in [0.1, 0.15) is 0 Å². The highest BCUT2D eigenvalue weighted by Crippen LogP contribution is 2.31. The van der Waals surface area contributed by atoms with Gasteiger partial charge in [-0.05, 0) is 29.0 Å². The van der Waals surface area contributed by atoms with Crippen molar-refractivity contribution in [1.82, 2.24) is 4.98 Å². The van der Waals surface area contributed by atoms with E-state index in [4.69, 9.17) is 10.5 Å². The Morgan fingerprint density at radius 3 is 2.57 bits per heavy atom. The van der Waals surface area contributed by atoms with Crippen LogP contribution >= 0.6 is 0 Å². The molecule has 0 saturated carbocycles. The molecular weight excluding hydrogens is 270 g/mol. The fourth-order valence-electron chi connectivity index (χ4n) is 2.00. The molecule has 1 heterocycles. The Morgan fingerprint density at radius 2 is 1.81 bits per heavy atom. The second-order valence-electron chi connectivity index (χ2n) is 4.43. The minimum Gasteiger partial charge on any atom is -0.434 e. The second kappa shape index (κ2) is 5.09. The average molecular weight is 281 g/mol. The quantitative estimate of drug-likeness (QED) is 0.585. The first-order valence-corrected chi connectivity index (χ1v) is 6.21. The molecule has 3 aromatic rings. The van der Waals surface area contributed by atoms with E-state index in [-0.39, 0.29) is 17.4 Å². The number of aromatic nitrogens is 1. The van der Waals surface area contributed by atoms with E-state index in [1.54, 1.807) is 12.1 Å². The highest BCUT2D eigenvalue weighted by Gasteiger charge is 2.18. The van der Waals surface area contributed by atoms with Crippen molar-refractivity contribution in [3.05, 3.63) is 64.7 Å². The van der Waals surface area contributed by atoms with E-state index in [9.17, 15) is 10.1 Å². The number of fused-ring (bicyclic) bond motifs is 1. The molecule has 0 aliphatic heterocycles. The molecule has 2 N–H and O–H groups in total. The van der Waals surface area contributed by atoms with Crippen molar-refractivity contribution >= 4 is 22.3 Å². The summed E-state index contributed by atoms with van der Waals surface area (Å²) in [4.78, 5) is 14.3. The van der Waals surface area contributed by atoms with Crippen LogP contribution in [0.2, 0.25) is 0 Å². The molecule has 6 nitrogen and oxygen atoms in total. The maximum atomic E-state index is 11.0. The van der Waals surface area contributed by atoms with Crippen LogP contribution in [-0.4, -0.2) is 9.91 Å². The Morgan fingerprint density at radius 1 is 1.05 bits per heavy atom. The lowest BCUT2D eigenvalue weighted by Crippen LogP contribution is -1.98. The average Bonchev–Trinajstić information content (AvgIpc) is 2.47. The van der Waals surface area contributed by atoms with Gasteiger partial charge < -0.3 is 10.5 Å². The first kappa shape index (κ1) is 12.9. The van der Waals surface area contributed by atoms with Crippen LogP contribution in [0.5, 0.6) is 11.6 Å². The van der Waals surface area contributed by atoms with Gasteiger partial charge in [-0.3, -0.25) is 10.1 Å². The summed E-state index contributed by atoms with van der Waals surface area (Å²) in [5.41, 5.74) is 5.33. The Balaban J connectivity index is 2.02. The molecule has 104 valence electrons. The summed E-state index contributed by atoms with van der Waals surface area (Å²) in [5.74, 6) is 0.515. The van der Waals surface area contributed by atoms with Crippen molar-refractivity contribution in [3.8, 4) is 11.6 Å². The fourth-order valence-corrected chi connectivity index (χ4v) is 2.00. The summed E-state index contributed by atoms with van der Waals surface area (Å²) in [6.45, 7) is 0. The lowest BCUT2D eigenvalue weighted by molar-refractivity contribution is -0.386. The molecule has 0 atom stereocenters. The second-order valence-corrected chi connectivity index (χ2v) is 4.43. The molecule has 1 aromatic heterocycles. The maximum absolute atomic E-state index is 11.0. The van der Waals surface area contributed by atoms with Gasteiger partial charge in [-0.2, -0.15) is 4.98 Å². The van der Waals surface area contributed by atoms with E-state index in [0.29, 0.717) is 5.75 Å². The first-order valence-electron chi connectivity index (χ1n) is 6.21. The topological polar surface area (TPSA) is 91.3 Å². The fraction of sp³-hybridized carbons (Fsp3) is 0. The summed E-state index contributed by atoms with van der Waals surface area (Å²) in [7, 11) is 0. The number of anilines is 1. The summed E-state index contributed by atoms with van der Waals surface area (Å²) >= 11 is 0. The summed E-state index contributed by atoms with van der Waals surface area (Å²) in [6, 6.07) is 15.8. The van der Waals surface area contributed by atoms with E-state index < -0.39 is 4.92 Å². The van der Waals surface area contributed by atoms with Gasteiger partial charge in [-0.25, -0.2) is 0 Å². The number of nitrogens with zero attached hydrogens (tertiary/aromatic N) is 2. The molecule has 0 fully saturated rings. The summed E-state index contributed by atoms with van der Waals surface area (Å²) < 4.78 is 5.53. The first-order chi connectivity index (χ1) is 10.1. The van der Waals surface area contributed by atoms with Crippen LogP contribution < -0.4 is 10.5 Å². The molecule has 21 heavy (non-hydrogen) atoms. The van der Waals surface area contributed by atoms with E-state index >= 15 is 0 Å².